The van der Waals surface area contributed by atoms with Crippen molar-refractivity contribution in [1.29, 1.82) is 0 Å². The number of aromatic nitrogens is 2. The van der Waals surface area contributed by atoms with Crippen molar-refractivity contribution in [2.24, 2.45) is 0 Å². The van der Waals surface area contributed by atoms with Crippen molar-refractivity contribution in [2.75, 3.05) is 6.61 Å². The Hall–Kier alpha value is -1.75. The van der Waals surface area contributed by atoms with Crippen LogP contribution in [0, 0.1) is 0 Å². The summed E-state index contributed by atoms with van der Waals surface area (Å²) in [6, 6.07) is 1.79. The fraction of sp³-hybridized carbons (Fsp3) is 0.182. The van der Waals surface area contributed by atoms with Gasteiger partial charge in [-0.15, -0.1) is 11.3 Å². The van der Waals surface area contributed by atoms with Gasteiger partial charge in [-0.2, -0.15) is 0 Å². The number of nitrogens with zero attached hydrogens (tertiary/aromatic N) is 2. The van der Waals surface area contributed by atoms with Crippen LogP contribution in [0.25, 0.3) is 10.6 Å². The molecule has 0 fully saturated rings. The number of carbonyl (C=O) groups excluding carboxylic acids is 1. The zero-order valence-corrected chi connectivity index (χ0v) is 9.53. The molecule has 0 aromatic carbocycles. The number of aldehydes is 1. The fourth-order valence-electron chi connectivity index (χ4n) is 1.29. The minimum atomic E-state index is 0.586. The molecule has 0 amide bonds. The highest BCUT2D eigenvalue weighted by Gasteiger charge is 2.10. The van der Waals surface area contributed by atoms with Crippen LogP contribution in [0.1, 0.15) is 16.6 Å². The third kappa shape index (κ3) is 2.09. The Kier molecular flexibility index (Phi) is 3.26. The van der Waals surface area contributed by atoms with E-state index in [-0.39, 0.29) is 0 Å². The van der Waals surface area contributed by atoms with E-state index in [2.05, 4.69) is 9.97 Å². The summed E-state index contributed by atoms with van der Waals surface area (Å²) in [5, 5.41) is 0.749. The average molecular weight is 234 g/mol. The molecule has 0 saturated carbocycles. The lowest BCUT2D eigenvalue weighted by Crippen LogP contribution is -1.94. The third-order valence-corrected chi connectivity index (χ3v) is 2.91. The Morgan fingerprint density at radius 3 is 3.06 bits per heavy atom. The van der Waals surface area contributed by atoms with Crippen molar-refractivity contribution >= 4 is 17.6 Å². The van der Waals surface area contributed by atoms with Gasteiger partial charge in [-0.05, 0) is 13.0 Å². The van der Waals surface area contributed by atoms with Gasteiger partial charge in [-0.1, -0.05) is 0 Å². The van der Waals surface area contributed by atoms with E-state index in [1.807, 2.05) is 6.92 Å². The zero-order valence-electron chi connectivity index (χ0n) is 8.71. The first-order chi connectivity index (χ1) is 7.85. The number of hydrogen-bond donors (Lipinski definition) is 0. The molecule has 0 aliphatic heterocycles. The molecular formula is C11H10N2O2S. The molecule has 2 aromatic heterocycles. The Bertz CT molecular complexity index is 496. The van der Waals surface area contributed by atoms with Gasteiger partial charge in [0.2, 0.25) is 0 Å². The van der Waals surface area contributed by atoms with E-state index in [1.165, 1.54) is 11.3 Å². The third-order valence-electron chi connectivity index (χ3n) is 1.95. The summed E-state index contributed by atoms with van der Waals surface area (Å²) in [4.78, 5) is 19.4. The van der Waals surface area contributed by atoms with Crippen LogP contribution in [0.15, 0.2) is 24.7 Å². The molecular weight excluding hydrogens is 224 g/mol. The molecule has 2 aromatic rings. The minimum absolute atomic E-state index is 0.586. The van der Waals surface area contributed by atoms with Gasteiger partial charge in [0.05, 0.1) is 17.0 Å². The van der Waals surface area contributed by atoms with Gasteiger partial charge < -0.3 is 4.74 Å². The van der Waals surface area contributed by atoms with Crippen LogP contribution < -0.4 is 4.74 Å². The van der Waals surface area contributed by atoms with Crippen LogP contribution in [-0.4, -0.2) is 22.9 Å². The molecule has 0 aliphatic carbocycles. The first kappa shape index (κ1) is 10.8. The van der Waals surface area contributed by atoms with E-state index in [4.69, 9.17) is 4.74 Å². The van der Waals surface area contributed by atoms with Crippen LogP contribution in [0.5, 0.6) is 5.75 Å². The molecule has 82 valence electrons. The van der Waals surface area contributed by atoms with Crippen molar-refractivity contribution < 1.29 is 9.53 Å². The van der Waals surface area contributed by atoms with E-state index in [0.717, 1.165) is 22.6 Å². The maximum absolute atomic E-state index is 10.6. The van der Waals surface area contributed by atoms with Crippen LogP contribution >= 0.6 is 11.3 Å². The number of rotatable bonds is 4. The average Bonchev–Trinajstić information content (AvgIpc) is 2.79. The molecule has 4 nitrogen and oxygen atoms in total. The molecule has 16 heavy (non-hydrogen) atoms. The summed E-state index contributed by atoms with van der Waals surface area (Å²) >= 11 is 1.33. The number of carbonyl (C=O) groups is 1. The van der Waals surface area contributed by atoms with E-state index < -0.39 is 0 Å². The van der Waals surface area contributed by atoms with Crippen molar-refractivity contribution in [1.82, 2.24) is 9.97 Å². The Balaban J connectivity index is 2.42. The van der Waals surface area contributed by atoms with E-state index in [9.17, 15) is 4.79 Å². The zero-order chi connectivity index (χ0) is 11.4. The molecule has 0 N–H and O–H groups in total. The molecule has 2 heterocycles. The second-order valence-electron chi connectivity index (χ2n) is 2.99. The Morgan fingerprint density at radius 2 is 2.38 bits per heavy atom. The fourth-order valence-corrected chi connectivity index (χ4v) is 2.03. The molecule has 0 atom stereocenters. The summed E-state index contributed by atoms with van der Waals surface area (Å²) in [6.45, 7) is 2.51. The molecule has 0 radical (unpaired) electrons. The summed E-state index contributed by atoms with van der Waals surface area (Å²) in [5.41, 5.74) is 0.822. The van der Waals surface area contributed by atoms with Gasteiger partial charge in [0.15, 0.2) is 6.29 Å². The summed E-state index contributed by atoms with van der Waals surface area (Å²) < 4.78 is 5.47. The van der Waals surface area contributed by atoms with E-state index in [0.29, 0.717) is 11.5 Å². The molecule has 2 rings (SSSR count). The topological polar surface area (TPSA) is 52.1 Å². The predicted molar refractivity (Wildman–Crippen MR) is 61.9 cm³/mol. The van der Waals surface area contributed by atoms with E-state index in [1.54, 1.807) is 24.7 Å². The first-order valence-corrected chi connectivity index (χ1v) is 5.65. The van der Waals surface area contributed by atoms with Crippen molar-refractivity contribution in [3.8, 4) is 16.3 Å². The number of ether oxygens (including phenoxy) is 1. The van der Waals surface area contributed by atoms with Crippen LogP contribution in [-0.2, 0) is 0 Å². The van der Waals surface area contributed by atoms with Gasteiger partial charge in [0.25, 0.3) is 0 Å². The molecule has 0 spiro atoms. The van der Waals surface area contributed by atoms with Crippen LogP contribution in [0.2, 0.25) is 0 Å². The minimum Gasteiger partial charge on any atom is -0.493 e. The van der Waals surface area contributed by atoms with Gasteiger partial charge in [0.1, 0.15) is 10.8 Å². The lowest BCUT2D eigenvalue weighted by Gasteiger charge is -2.06. The van der Waals surface area contributed by atoms with Crippen molar-refractivity contribution in [2.45, 2.75) is 6.92 Å². The SMILES string of the molecule is CCOc1ccncc1-c1ncc(C=O)s1. The second-order valence-corrected chi connectivity index (χ2v) is 4.05. The molecule has 0 saturated heterocycles. The largest absolute Gasteiger partial charge is 0.493 e. The molecule has 0 bridgehead atoms. The monoisotopic (exact) mass is 234 g/mol. The highest BCUT2D eigenvalue weighted by Crippen LogP contribution is 2.31. The second kappa shape index (κ2) is 4.85. The van der Waals surface area contributed by atoms with Gasteiger partial charge >= 0.3 is 0 Å². The quantitative estimate of drug-likeness (QED) is 0.762. The van der Waals surface area contributed by atoms with Crippen molar-refractivity contribution in [3.63, 3.8) is 0 Å². The lowest BCUT2D eigenvalue weighted by atomic mass is 10.3. The van der Waals surface area contributed by atoms with Crippen molar-refractivity contribution in [3.05, 3.63) is 29.5 Å². The maximum Gasteiger partial charge on any atom is 0.161 e. The summed E-state index contributed by atoms with van der Waals surface area (Å²) in [5.74, 6) is 0.740. The standard InChI is InChI=1S/C11H10N2O2S/c1-2-15-10-3-4-12-6-9(10)11-13-5-8(7-14)16-11/h3-7H,2H2,1H3. The lowest BCUT2D eigenvalue weighted by molar-refractivity contribution is 0.112. The predicted octanol–water partition coefficient (Wildman–Crippen LogP) is 2.42. The van der Waals surface area contributed by atoms with Gasteiger partial charge in [-0.3, -0.25) is 9.78 Å². The summed E-state index contributed by atoms with van der Waals surface area (Å²) in [7, 11) is 0. The number of pyridine rings is 1. The highest BCUT2D eigenvalue weighted by molar-refractivity contribution is 7.16. The Labute approximate surface area is 96.9 Å². The Morgan fingerprint density at radius 1 is 1.50 bits per heavy atom. The number of thiazole rings is 1. The highest BCUT2D eigenvalue weighted by atomic mass is 32.1. The van der Waals surface area contributed by atoms with E-state index >= 15 is 0 Å². The van der Waals surface area contributed by atoms with Crippen LogP contribution in [0.3, 0.4) is 0 Å². The summed E-state index contributed by atoms with van der Waals surface area (Å²) in [6.07, 6.45) is 5.70. The number of hydrogen-bond acceptors (Lipinski definition) is 5. The smallest absolute Gasteiger partial charge is 0.161 e. The van der Waals surface area contributed by atoms with Gasteiger partial charge in [-0.25, -0.2) is 4.98 Å². The van der Waals surface area contributed by atoms with Gasteiger partial charge in [0, 0.05) is 18.6 Å². The molecule has 0 unspecified atom stereocenters. The normalized spacial score (nSPS) is 10.1. The van der Waals surface area contributed by atoms with Crippen LogP contribution in [0.4, 0.5) is 0 Å². The maximum atomic E-state index is 10.6. The molecule has 0 aliphatic rings. The first-order valence-electron chi connectivity index (χ1n) is 4.83. The molecule has 5 heteroatoms.